The fourth-order valence-corrected chi connectivity index (χ4v) is 1.27. The molecule has 1 amide bonds. The summed E-state index contributed by atoms with van der Waals surface area (Å²) < 4.78 is 0. The predicted octanol–water partition coefficient (Wildman–Crippen LogP) is -0.108. The molecule has 1 aliphatic rings. The Morgan fingerprint density at radius 3 is 2.60 bits per heavy atom. The summed E-state index contributed by atoms with van der Waals surface area (Å²) in [7, 11) is 0. The molecule has 1 saturated carbocycles. The fraction of sp³-hybridized carbons (Fsp3) is 0.857. The molecule has 1 fully saturated rings. The van der Waals surface area contributed by atoms with E-state index < -0.39 is 0 Å². The Labute approximate surface area is 60.4 Å². The number of aliphatic hydroxyl groups is 1. The van der Waals surface area contributed by atoms with Crippen molar-refractivity contribution in [2.75, 3.05) is 0 Å². The van der Waals surface area contributed by atoms with Gasteiger partial charge in [0.1, 0.15) is 0 Å². The van der Waals surface area contributed by atoms with E-state index >= 15 is 0 Å². The van der Waals surface area contributed by atoms with E-state index in [4.69, 9.17) is 0 Å². The largest absolute Gasteiger partial charge is 0.392 e. The van der Waals surface area contributed by atoms with Crippen LogP contribution < -0.4 is 5.32 Å². The quantitative estimate of drug-likeness (QED) is 0.530. The Morgan fingerprint density at radius 1 is 1.70 bits per heavy atom. The van der Waals surface area contributed by atoms with Crippen molar-refractivity contribution in [3.63, 3.8) is 0 Å². The highest BCUT2D eigenvalue weighted by atomic mass is 16.3. The van der Waals surface area contributed by atoms with Crippen LogP contribution in [0.25, 0.3) is 0 Å². The summed E-state index contributed by atoms with van der Waals surface area (Å²) in [6, 6.07) is 0.153. The molecule has 3 nitrogen and oxygen atoms in total. The van der Waals surface area contributed by atoms with E-state index in [9.17, 15) is 9.90 Å². The van der Waals surface area contributed by atoms with Crippen LogP contribution in [-0.4, -0.2) is 23.7 Å². The minimum Gasteiger partial charge on any atom is -0.392 e. The summed E-state index contributed by atoms with van der Waals surface area (Å²) in [4.78, 5) is 10.0. The molecular formula is C7H13NO2. The standard InChI is InChI=1S/C7H13NO2/c1-7(2)5(8-4-9)3-6(7)10/h4-6,10H,3H2,1-2H3,(H,8,9). The van der Waals surface area contributed by atoms with Gasteiger partial charge >= 0.3 is 0 Å². The van der Waals surface area contributed by atoms with E-state index in [1.165, 1.54) is 0 Å². The Bertz CT molecular complexity index is 145. The molecule has 3 heteroatoms. The molecule has 1 rings (SSSR count). The first-order chi connectivity index (χ1) is 4.59. The van der Waals surface area contributed by atoms with Crippen molar-refractivity contribution < 1.29 is 9.90 Å². The van der Waals surface area contributed by atoms with E-state index in [1.807, 2.05) is 13.8 Å². The maximum atomic E-state index is 10.0. The maximum absolute atomic E-state index is 10.0. The van der Waals surface area contributed by atoms with Gasteiger partial charge in [-0.15, -0.1) is 0 Å². The Kier molecular flexibility index (Phi) is 1.68. The third-order valence-corrected chi connectivity index (χ3v) is 2.49. The van der Waals surface area contributed by atoms with E-state index in [1.54, 1.807) is 0 Å². The Hall–Kier alpha value is -0.570. The SMILES string of the molecule is CC1(C)C(O)CC1NC=O. The molecule has 0 radical (unpaired) electrons. The number of hydrogen-bond donors (Lipinski definition) is 2. The molecule has 10 heavy (non-hydrogen) atoms. The molecule has 0 heterocycles. The highest BCUT2D eigenvalue weighted by Gasteiger charge is 2.46. The van der Waals surface area contributed by atoms with Gasteiger partial charge in [0.2, 0.25) is 6.41 Å². The molecule has 0 aliphatic heterocycles. The van der Waals surface area contributed by atoms with Crippen LogP contribution in [0.3, 0.4) is 0 Å². The van der Waals surface area contributed by atoms with E-state index in [0.29, 0.717) is 12.8 Å². The van der Waals surface area contributed by atoms with E-state index in [0.717, 1.165) is 0 Å². The van der Waals surface area contributed by atoms with Gasteiger partial charge in [0.05, 0.1) is 6.10 Å². The van der Waals surface area contributed by atoms with Crippen molar-refractivity contribution in [1.82, 2.24) is 5.32 Å². The number of amides is 1. The van der Waals surface area contributed by atoms with Crippen LogP contribution >= 0.6 is 0 Å². The zero-order chi connectivity index (χ0) is 7.78. The second-order valence-electron chi connectivity index (χ2n) is 3.41. The van der Waals surface area contributed by atoms with Gasteiger partial charge in [-0.1, -0.05) is 13.8 Å². The van der Waals surface area contributed by atoms with Crippen molar-refractivity contribution in [3.8, 4) is 0 Å². The number of rotatable bonds is 2. The minimum atomic E-state index is -0.259. The topological polar surface area (TPSA) is 49.3 Å². The zero-order valence-electron chi connectivity index (χ0n) is 6.29. The van der Waals surface area contributed by atoms with Crippen molar-refractivity contribution in [2.24, 2.45) is 5.41 Å². The normalized spacial score (nSPS) is 36.3. The third-order valence-electron chi connectivity index (χ3n) is 2.49. The van der Waals surface area contributed by atoms with Crippen LogP contribution in [0.1, 0.15) is 20.3 Å². The van der Waals surface area contributed by atoms with Crippen LogP contribution in [-0.2, 0) is 4.79 Å². The average Bonchev–Trinajstić information content (AvgIpc) is 1.88. The molecule has 0 aromatic heterocycles. The van der Waals surface area contributed by atoms with Crippen LogP contribution in [0.5, 0.6) is 0 Å². The molecule has 0 aromatic carbocycles. The monoisotopic (exact) mass is 143 g/mol. The molecule has 2 atom stereocenters. The van der Waals surface area contributed by atoms with Crippen LogP contribution in [0, 0.1) is 5.41 Å². The number of hydrogen-bond acceptors (Lipinski definition) is 2. The number of aliphatic hydroxyl groups excluding tert-OH is 1. The molecule has 0 saturated heterocycles. The summed E-state index contributed by atoms with van der Waals surface area (Å²) in [5, 5.41) is 11.9. The lowest BCUT2D eigenvalue weighted by Gasteiger charge is -2.48. The first kappa shape index (κ1) is 7.54. The first-order valence-electron chi connectivity index (χ1n) is 3.47. The highest BCUT2D eigenvalue weighted by Crippen LogP contribution is 2.39. The molecule has 0 spiro atoms. The van der Waals surface area contributed by atoms with Gasteiger partial charge in [0, 0.05) is 11.5 Å². The van der Waals surface area contributed by atoms with Crippen LogP contribution in [0.4, 0.5) is 0 Å². The van der Waals surface area contributed by atoms with Gasteiger partial charge in [0.15, 0.2) is 0 Å². The molecule has 2 N–H and O–H groups in total. The predicted molar refractivity (Wildman–Crippen MR) is 37.4 cm³/mol. The van der Waals surface area contributed by atoms with Gasteiger partial charge in [0.25, 0.3) is 0 Å². The number of carbonyl (C=O) groups excluding carboxylic acids is 1. The van der Waals surface area contributed by atoms with Crippen molar-refractivity contribution in [2.45, 2.75) is 32.4 Å². The Morgan fingerprint density at radius 2 is 2.30 bits per heavy atom. The molecule has 2 unspecified atom stereocenters. The van der Waals surface area contributed by atoms with Gasteiger partial charge in [-0.05, 0) is 6.42 Å². The van der Waals surface area contributed by atoms with Gasteiger partial charge < -0.3 is 10.4 Å². The average molecular weight is 143 g/mol. The molecule has 0 bridgehead atoms. The number of carbonyl (C=O) groups is 1. The summed E-state index contributed by atoms with van der Waals surface area (Å²) in [5.74, 6) is 0. The summed E-state index contributed by atoms with van der Waals surface area (Å²) >= 11 is 0. The summed E-state index contributed by atoms with van der Waals surface area (Å²) in [5.41, 5.74) is -0.138. The van der Waals surface area contributed by atoms with E-state index in [-0.39, 0.29) is 17.6 Å². The lowest BCUT2D eigenvalue weighted by atomic mass is 9.65. The second-order valence-corrected chi connectivity index (χ2v) is 3.41. The molecular weight excluding hydrogens is 130 g/mol. The van der Waals surface area contributed by atoms with Gasteiger partial charge in [-0.25, -0.2) is 0 Å². The lowest BCUT2D eigenvalue weighted by molar-refractivity contribution is -0.117. The first-order valence-corrected chi connectivity index (χ1v) is 3.47. The van der Waals surface area contributed by atoms with Crippen molar-refractivity contribution >= 4 is 6.41 Å². The van der Waals surface area contributed by atoms with Crippen LogP contribution in [0.2, 0.25) is 0 Å². The lowest BCUT2D eigenvalue weighted by Crippen LogP contribution is -2.59. The zero-order valence-corrected chi connectivity index (χ0v) is 6.29. The number of nitrogens with one attached hydrogen (secondary N) is 1. The van der Waals surface area contributed by atoms with Crippen LogP contribution in [0.15, 0.2) is 0 Å². The second kappa shape index (κ2) is 2.23. The smallest absolute Gasteiger partial charge is 0.207 e. The fourth-order valence-electron chi connectivity index (χ4n) is 1.27. The third kappa shape index (κ3) is 0.904. The molecule has 58 valence electrons. The van der Waals surface area contributed by atoms with Gasteiger partial charge in [-0.3, -0.25) is 4.79 Å². The minimum absolute atomic E-state index is 0.138. The maximum Gasteiger partial charge on any atom is 0.207 e. The Balaban J connectivity index is 2.46. The summed E-state index contributed by atoms with van der Waals surface area (Å²) in [6.07, 6.45) is 1.12. The molecule has 1 aliphatic carbocycles. The van der Waals surface area contributed by atoms with E-state index in [2.05, 4.69) is 5.32 Å². The van der Waals surface area contributed by atoms with Gasteiger partial charge in [-0.2, -0.15) is 0 Å². The van der Waals surface area contributed by atoms with Crippen molar-refractivity contribution in [1.29, 1.82) is 0 Å². The molecule has 0 aromatic rings. The summed E-state index contributed by atoms with van der Waals surface area (Å²) in [6.45, 7) is 3.89. The van der Waals surface area contributed by atoms with Crippen molar-refractivity contribution in [3.05, 3.63) is 0 Å². The highest BCUT2D eigenvalue weighted by molar-refractivity contribution is 5.47.